The van der Waals surface area contributed by atoms with Gasteiger partial charge in [-0.3, -0.25) is 9.89 Å². The average molecular weight is 382 g/mol. The van der Waals surface area contributed by atoms with Crippen molar-refractivity contribution < 1.29 is 14.6 Å². The highest BCUT2D eigenvalue weighted by Gasteiger charge is 2.37. The molecule has 1 atom stereocenters. The average Bonchev–Trinajstić information content (AvgIpc) is 3.29. The van der Waals surface area contributed by atoms with E-state index in [1.165, 1.54) is 5.56 Å². The number of aromatic nitrogens is 2. The van der Waals surface area contributed by atoms with Crippen LogP contribution in [0.4, 0.5) is 0 Å². The molecule has 3 heterocycles. The van der Waals surface area contributed by atoms with Crippen molar-refractivity contribution in [2.24, 2.45) is 5.92 Å². The van der Waals surface area contributed by atoms with Gasteiger partial charge in [0.2, 0.25) is 0 Å². The summed E-state index contributed by atoms with van der Waals surface area (Å²) < 4.78 is 5.62. The van der Waals surface area contributed by atoms with Crippen LogP contribution in [0.15, 0.2) is 18.2 Å². The number of nitrogens with one attached hydrogen (secondary N) is 2. The summed E-state index contributed by atoms with van der Waals surface area (Å²) in [5.41, 5.74) is 4.83. The van der Waals surface area contributed by atoms with Crippen molar-refractivity contribution in [1.29, 1.82) is 0 Å². The lowest BCUT2D eigenvalue weighted by Crippen LogP contribution is -2.42. The van der Waals surface area contributed by atoms with Gasteiger partial charge < -0.3 is 20.1 Å². The van der Waals surface area contributed by atoms with E-state index in [4.69, 9.17) is 4.74 Å². The van der Waals surface area contributed by atoms with Gasteiger partial charge in [0.15, 0.2) is 5.69 Å². The van der Waals surface area contributed by atoms with E-state index < -0.39 is 0 Å². The highest BCUT2D eigenvalue weighted by atomic mass is 16.5. The van der Waals surface area contributed by atoms with Crippen molar-refractivity contribution in [2.75, 3.05) is 20.2 Å². The van der Waals surface area contributed by atoms with Crippen molar-refractivity contribution in [3.63, 3.8) is 0 Å². The van der Waals surface area contributed by atoms with Gasteiger partial charge in [0.25, 0.3) is 5.91 Å². The molecule has 1 fully saturated rings. The summed E-state index contributed by atoms with van der Waals surface area (Å²) in [6.45, 7) is 2.42. The normalized spacial score (nSPS) is 24.6. The maximum Gasteiger partial charge on any atom is 0.272 e. The van der Waals surface area contributed by atoms with E-state index in [0.29, 0.717) is 25.1 Å². The standard InChI is InChI=1S/C21H26N4O3/c1-25-6-4-17-16(11-25)20(24-23-17)21(27)22-19(14-9-15(26)10-14)13-2-3-18-12(8-13)5-7-28-18/h2-3,8,14-15,19,26H,4-7,9-11H2,1H3,(H,22,27)(H,23,24). The zero-order valence-corrected chi connectivity index (χ0v) is 16.1. The van der Waals surface area contributed by atoms with E-state index in [-0.39, 0.29) is 24.0 Å². The summed E-state index contributed by atoms with van der Waals surface area (Å²) in [7, 11) is 2.06. The molecule has 3 N–H and O–H groups in total. The van der Waals surface area contributed by atoms with Gasteiger partial charge in [-0.1, -0.05) is 6.07 Å². The lowest BCUT2D eigenvalue weighted by Gasteiger charge is -2.38. The maximum atomic E-state index is 13.1. The molecule has 2 aliphatic heterocycles. The molecular formula is C21H26N4O3. The van der Waals surface area contributed by atoms with Crippen molar-refractivity contribution >= 4 is 5.91 Å². The van der Waals surface area contributed by atoms with Gasteiger partial charge in [-0.15, -0.1) is 0 Å². The number of aromatic amines is 1. The first-order chi connectivity index (χ1) is 13.6. The van der Waals surface area contributed by atoms with Crippen molar-refractivity contribution in [2.45, 2.75) is 44.4 Å². The van der Waals surface area contributed by atoms with Crippen LogP contribution in [0.25, 0.3) is 0 Å². The number of H-pyrrole nitrogens is 1. The Morgan fingerprint density at radius 2 is 2.25 bits per heavy atom. The minimum Gasteiger partial charge on any atom is -0.493 e. The second kappa shape index (κ2) is 6.90. The number of aliphatic hydroxyl groups is 1. The molecule has 1 unspecified atom stereocenters. The fourth-order valence-electron chi connectivity index (χ4n) is 4.60. The van der Waals surface area contributed by atoms with E-state index >= 15 is 0 Å². The second-order valence-electron chi connectivity index (χ2n) is 8.32. The molecule has 7 nitrogen and oxygen atoms in total. The number of hydrogen-bond acceptors (Lipinski definition) is 5. The minimum atomic E-state index is -0.269. The number of carbonyl (C=O) groups excluding carboxylic acids is 1. The monoisotopic (exact) mass is 382 g/mol. The van der Waals surface area contributed by atoms with Gasteiger partial charge in [-0.25, -0.2) is 0 Å². The van der Waals surface area contributed by atoms with Gasteiger partial charge in [-0.05, 0) is 49.1 Å². The molecule has 1 saturated carbocycles. The molecule has 28 heavy (non-hydrogen) atoms. The number of aliphatic hydroxyl groups excluding tert-OH is 1. The Morgan fingerprint density at radius 1 is 1.39 bits per heavy atom. The van der Waals surface area contributed by atoms with E-state index in [1.807, 2.05) is 12.1 Å². The number of rotatable bonds is 4. The van der Waals surface area contributed by atoms with E-state index in [0.717, 1.165) is 48.5 Å². The fraction of sp³-hybridized carbons (Fsp3) is 0.524. The first-order valence-corrected chi connectivity index (χ1v) is 10.1. The third-order valence-electron chi connectivity index (χ3n) is 6.32. The number of nitrogens with zero attached hydrogens (tertiary/aromatic N) is 2. The predicted octanol–water partition coefficient (Wildman–Crippen LogP) is 1.57. The van der Waals surface area contributed by atoms with Crippen LogP contribution in [-0.4, -0.2) is 52.4 Å². The van der Waals surface area contributed by atoms with Crippen LogP contribution in [0.5, 0.6) is 5.75 Å². The minimum absolute atomic E-state index is 0.129. The van der Waals surface area contributed by atoms with E-state index in [1.54, 1.807) is 0 Å². The topological polar surface area (TPSA) is 90.5 Å². The molecule has 148 valence electrons. The lowest BCUT2D eigenvalue weighted by atomic mass is 9.74. The van der Waals surface area contributed by atoms with Crippen LogP contribution in [0, 0.1) is 5.92 Å². The van der Waals surface area contributed by atoms with E-state index in [9.17, 15) is 9.90 Å². The number of hydrogen-bond donors (Lipinski definition) is 3. The number of fused-ring (bicyclic) bond motifs is 2. The molecule has 0 radical (unpaired) electrons. The molecule has 0 spiro atoms. The number of benzene rings is 1. The molecular weight excluding hydrogens is 356 g/mol. The van der Waals surface area contributed by atoms with Crippen LogP contribution in [0.1, 0.15) is 51.8 Å². The molecule has 2 aromatic rings. The molecule has 1 amide bonds. The quantitative estimate of drug-likeness (QED) is 0.747. The Labute approximate surface area is 164 Å². The number of likely N-dealkylation sites (N-methyl/N-ethyl adjacent to an activating group) is 1. The van der Waals surface area contributed by atoms with Crippen molar-refractivity contribution in [1.82, 2.24) is 20.4 Å². The largest absolute Gasteiger partial charge is 0.493 e. The summed E-state index contributed by atoms with van der Waals surface area (Å²) in [6.07, 6.45) is 2.93. The summed E-state index contributed by atoms with van der Waals surface area (Å²) >= 11 is 0. The Kier molecular flexibility index (Phi) is 4.36. The molecule has 0 bridgehead atoms. The van der Waals surface area contributed by atoms with Crippen LogP contribution >= 0.6 is 0 Å². The highest BCUT2D eigenvalue weighted by Crippen LogP contribution is 2.40. The number of ether oxygens (including phenoxy) is 1. The summed E-state index contributed by atoms with van der Waals surface area (Å²) in [5.74, 6) is 1.03. The smallest absolute Gasteiger partial charge is 0.272 e. The lowest BCUT2D eigenvalue weighted by molar-refractivity contribution is 0.0234. The summed E-state index contributed by atoms with van der Waals surface area (Å²) in [6, 6.07) is 6.05. The number of carbonyl (C=O) groups is 1. The first-order valence-electron chi connectivity index (χ1n) is 10.1. The van der Waals surface area contributed by atoms with Gasteiger partial charge in [-0.2, -0.15) is 5.10 Å². The van der Waals surface area contributed by atoms with Crippen molar-refractivity contribution in [3.8, 4) is 5.75 Å². The molecule has 1 aromatic carbocycles. The van der Waals surface area contributed by atoms with Gasteiger partial charge in [0, 0.05) is 37.2 Å². The Bertz CT molecular complexity index is 903. The van der Waals surface area contributed by atoms with Crippen LogP contribution in [0.2, 0.25) is 0 Å². The van der Waals surface area contributed by atoms with Gasteiger partial charge in [0.05, 0.1) is 18.8 Å². The molecule has 0 saturated heterocycles. The van der Waals surface area contributed by atoms with Gasteiger partial charge in [0.1, 0.15) is 5.75 Å². The van der Waals surface area contributed by atoms with Crippen LogP contribution < -0.4 is 10.1 Å². The second-order valence-corrected chi connectivity index (χ2v) is 8.32. The molecule has 1 aromatic heterocycles. The third-order valence-corrected chi connectivity index (χ3v) is 6.32. The Balaban J connectivity index is 1.41. The SMILES string of the molecule is CN1CCc2[nH]nc(C(=O)NC(c3ccc4c(c3)CCO4)C3CC(O)C3)c2C1. The summed E-state index contributed by atoms with van der Waals surface area (Å²) in [5, 5.41) is 20.4. The molecule has 5 rings (SSSR count). The predicted molar refractivity (Wildman–Crippen MR) is 103 cm³/mol. The zero-order valence-electron chi connectivity index (χ0n) is 16.1. The Hall–Kier alpha value is -2.38. The third kappa shape index (κ3) is 3.08. The van der Waals surface area contributed by atoms with Crippen LogP contribution in [0.3, 0.4) is 0 Å². The highest BCUT2D eigenvalue weighted by molar-refractivity contribution is 5.94. The Morgan fingerprint density at radius 3 is 3.07 bits per heavy atom. The number of amides is 1. The summed E-state index contributed by atoms with van der Waals surface area (Å²) in [4.78, 5) is 15.3. The molecule has 7 heteroatoms. The fourth-order valence-corrected chi connectivity index (χ4v) is 4.60. The maximum absolute atomic E-state index is 13.1. The van der Waals surface area contributed by atoms with Crippen LogP contribution in [-0.2, 0) is 19.4 Å². The zero-order chi connectivity index (χ0) is 19.3. The first kappa shape index (κ1) is 17.7. The molecule has 1 aliphatic carbocycles. The molecule has 3 aliphatic rings. The van der Waals surface area contributed by atoms with Gasteiger partial charge >= 0.3 is 0 Å². The van der Waals surface area contributed by atoms with E-state index in [2.05, 4.69) is 33.5 Å². The van der Waals surface area contributed by atoms with Crippen molar-refractivity contribution in [3.05, 3.63) is 46.3 Å².